The minimum absolute atomic E-state index is 0.0347. The van der Waals surface area contributed by atoms with E-state index >= 15 is 0 Å². The molecular weight excluding hydrogens is 783 g/mol. The number of amides is 1. The largest absolute Gasteiger partial charge is 0.394 e. The average molecular weight is 899 g/mol. The summed E-state index contributed by atoms with van der Waals surface area (Å²) >= 11 is 0. The van der Waals surface area contributed by atoms with Crippen LogP contribution in [0.4, 0.5) is 0 Å². The molecule has 0 heterocycles. The Morgan fingerprint density at radius 2 is 0.641 bits per heavy atom. The van der Waals surface area contributed by atoms with Crippen molar-refractivity contribution in [2.75, 3.05) is 6.61 Å². The molecule has 0 aliphatic carbocycles. The van der Waals surface area contributed by atoms with Crippen molar-refractivity contribution in [2.24, 2.45) is 0 Å². The van der Waals surface area contributed by atoms with Crippen LogP contribution in [0, 0.1) is 0 Å². The average Bonchev–Trinajstić information content (AvgIpc) is 3.30. The van der Waals surface area contributed by atoms with Gasteiger partial charge in [0.15, 0.2) is 0 Å². The second-order valence-corrected chi connectivity index (χ2v) is 20.1. The normalized spacial score (nSPS) is 13.0. The molecule has 0 aliphatic heterocycles. The van der Waals surface area contributed by atoms with Gasteiger partial charge in [-0.3, -0.25) is 4.79 Å². The molecule has 0 aromatic heterocycles. The van der Waals surface area contributed by atoms with Gasteiger partial charge in [0.2, 0.25) is 5.91 Å². The van der Waals surface area contributed by atoms with E-state index in [4.69, 9.17) is 0 Å². The molecule has 0 aromatic carbocycles. The maximum absolute atomic E-state index is 12.5. The summed E-state index contributed by atoms with van der Waals surface area (Å²) < 4.78 is 0. The Balaban J connectivity index is 3.45. The smallest absolute Gasteiger partial charge is 0.220 e. The van der Waals surface area contributed by atoms with Crippen LogP contribution in [0.5, 0.6) is 0 Å². The minimum atomic E-state index is -0.665. The predicted octanol–water partition coefficient (Wildman–Crippen LogP) is 19.3. The van der Waals surface area contributed by atoms with Crippen LogP contribution in [-0.2, 0) is 4.79 Å². The van der Waals surface area contributed by atoms with Crippen molar-refractivity contribution in [2.45, 2.75) is 334 Å². The van der Waals surface area contributed by atoms with Gasteiger partial charge in [-0.05, 0) is 51.4 Å². The highest BCUT2D eigenvalue weighted by atomic mass is 16.3. The van der Waals surface area contributed by atoms with Crippen LogP contribution in [0.1, 0.15) is 322 Å². The molecule has 0 spiro atoms. The summed E-state index contributed by atoms with van der Waals surface area (Å²) in [6, 6.07) is -0.542. The first kappa shape index (κ1) is 62.6. The predicted molar refractivity (Wildman–Crippen MR) is 285 cm³/mol. The Labute approximate surface area is 402 Å². The molecule has 0 saturated heterocycles. The van der Waals surface area contributed by atoms with E-state index in [1.54, 1.807) is 0 Å². The Kier molecular flexibility index (Phi) is 54.7. The molecule has 1 amide bonds. The van der Waals surface area contributed by atoms with Crippen LogP contribution in [0.25, 0.3) is 0 Å². The molecule has 0 radical (unpaired) electrons. The first-order valence-electron chi connectivity index (χ1n) is 29.2. The van der Waals surface area contributed by atoms with E-state index in [9.17, 15) is 15.0 Å². The third-order valence-electron chi connectivity index (χ3n) is 13.7. The zero-order valence-electron chi connectivity index (χ0n) is 43.6. The van der Waals surface area contributed by atoms with Gasteiger partial charge in [-0.1, -0.05) is 301 Å². The quantitative estimate of drug-likeness (QED) is 0.0421. The first-order chi connectivity index (χ1) is 31.7. The third-order valence-corrected chi connectivity index (χ3v) is 13.7. The molecule has 0 aliphatic rings. The van der Waals surface area contributed by atoms with E-state index in [1.807, 2.05) is 0 Å². The number of aliphatic hydroxyl groups excluding tert-OH is 2. The van der Waals surface area contributed by atoms with Gasteiger partial charge in [0.1, 0.15) is 0 Å². The fraction of sp³-hybridized carbons (Fsp3) is 0.883. The van der Waals surface area contributed by atoms with Gasteiger partial charge >= 0.3 is 0 Å². The Bertz CT molecular complexity index is 974. The van der Waals surface area contributed by atoms with Crippen molar-refractivity contribution in [1.29, 1.82) is 0 Å². The fourth-order valence-electron chi connectivity index (χ4n) is 9.20. The Morgan fingerprint density at radius 1 is 0.375 bits per heavy atom. The van der Waals surface area contributed by atoms with E-state index in [0.29, 0.717) is 12.8 Å². The number of rotatable bonds is 54. The number of hydrogen-bond donors (Lipinski definition) is 3. The molecule has 0 bridgehead atoms. The number of allylic oxidation sites excluding steroid dienone is 6. The van der Waals surface area contributed by atoms with Crippen molar-refractivity contribution in [3.05, 3.63) is 36.5 Å². The lowest BCUT2D eigenvalue weighted by atomic mass is 10.0. The summed E-state index contributed by atoms with van der Waals surface area (Å²) in [5.74, 6) is -0.0347. The maximum Gasteiger partial charge on any atom is 0.220 e. The topological polar surface area (TPSA) is 69.6 Å². The van der Waals surface area contributed by atoms with Gasteiger partial charge in [0, 0.05) is 6.42 Å². The van der Waals surface area contributed by atoms with Crippen molar-refractivity contribution in [3.8, 4) is 0 Å². The van der Waals surface area contributed by atoms with E-state index in [-0.39, 0.29) is 12.5 Å². The molecule has 378 valence electrons. The second kappa shape index (κ2) is 55.9. The maximum atomic E-state index is 12.5. The van der Waals surface area contributed by atoms with Gasteiger partial charge < -0.3 is 15.5 Å². The summed E-state index contributed by atoms with van der Waals surface area (Å²) in [6.07, 6.45) is 75.7. The van der Waals surface area contributed by atoms with Gasteiger partial charge in [-0.2, -0.15) is 0 Å². The number of unbranched alkanes of at least 4 members (excludes halogenated alkanes) is 41. The number of nitrogens with one attached hydrogen (secondary N) is 1. The van der Waals surface area contributed by atoms with Crippen molar-refractivity contribution in [3.63, 3.8) is 0 Å². The number of hydrogen-bond acceptors (Lipinski definition) is 3. The van der Waals surface area contributed by atoms with Gasteiger partial charge in [-0.15, -0.1) is 0 Å². The monoisotopic (exact) mass is 898 g/mol. The summed E-state index contributed by atoms with van der Waals surface area (Å²) in [6.45, 7) is 4.38. The molecular formula is C60H115NO3. The molecule has 0 saturated carbocycles. The van der Waals surface area contributed by atoms with E-state index in [2.05, 4.69) is 55.6 Å². The Morgan fingerprint density at radius 3 is 0.953 bits per heavy atom. The molecule has 2 atom stereocenters. The standard InChI is InChI=1S/C60H115NO3/c1-3-5-7-9-11-13-15-17-19-21-23-25-27-28-29-30-31-32-34-35-37-39-41-43-45-47-49-51-53-55-59(63)58(57-62)61-60(64)56-54-52-50-48-46-44-42-40-38-36-33-26-24-22-20-18-16-14-12-10-8-6-4-2/h16,18,22,24,33,36,58-59,62-63H,3-15,17,19-21,23,25-32,34-35,37-57H2,1-2H3,(H,61,64)/b18-16-,24-22-,36-33-. The summed E-state index contributed by atoms with van der Waals surface area (Å²) in [7, 11) is 0. The second-order valence-electron chi connectivity index (χ2n) is 20.1. The van der Waals surface area contributed by atoms with Crippen LogP contribution in [0.15, 0.2) is 36.5 Å². The zero-order valence-corrected chi connectivity index (χ0v) is 43.6. The lowest BCUT2D eigenvalue weighted by Crippen LogP contribution is -2.45. The fourth-order valence-corrected chi connectivity index (χ4v) is 9.20. The lowest BCUT2D eigenvalue weighted by Gasteiger charge is -2.22. The van der Waals surface area contributed by atoms with Crippen molar-refractivity contribution in [1.82, 2.24) is 5.32 Å². The van der Waals surface area contributed by atoms with E-state index in [0.717, 1.165) is 38.5 Å². The number of carbonyl (C=O) groups is 1. The summed E-state index contributed by atoms with van der Waals surface area (Å²) in [5, 5.41) is 23.4. The number of aliphatic hydroxyl groups is 2. The summed E-state index contributed by atoms with van der Waals surface area (Å²) in [5.41, 5.74) is 0. The molecule has 0 fully saturated rings. The number of carbonyl (C=O) groups excluding carboxylic acids is 1. The first-order valence-corrected chi connectivity index (χ1v) is 29.2. The highest BCUT2D eigenvalue weighted by Gasteiger charge is 2.20. The molecule has 4 heteroatoms. The molecule has 0 aromatic rings. The van der Waals surface area contributed by atoms with Crippen molar-refractivity contribution >= 4 is 5.91 Å². The van der Waals surface area contributed by atoms with Crippen LogP contribution in [-0.4, -0.2) is 34.9 Å². The van der Waals surface area contributed by atoms with Gasteiger partial charge in [0.25, 0.3) is 0 Å². The Hall–Kier alpha value is -1.39. The van der Waals surface area contributed by atoms with Gasteiger partial charge in [0.05, 0.1) is 18.8 Å². The molecule has 3 N–H and O–H groups in total. The summed E-state index contributed by atoms with van der Waals surface area (Å²) in [4.78, 5) is 12.5. The lowest BCUT2D eigenvalue weighted by molar-refractivity contribution is -0.123. The van der Waals surface area contributed by atoms with Crippen LogP contribution in [0.3, 0.4) is 0 Å². The van der Waals surface area contributed by atoms with Gasteiger partial charge in [-0.25, -0.2) is 0 Å². The van der Waals surface area contributed by atoms with Crippen LogP contribution >= 0.6 is 0 Å². The van der Waals surface area contributed by atoms with Crippen molar-refractivity contribution < 1.29 is 15.0 Å². The molecule has 0 rings (SSSR count). The zero-order chi connectivity index (χ0) is 46.3. The molecule has 4 nitrogen and oxygen atoms in total. The minimum Gasteiger partial charge on any atom is -0.394 e. The SMILES string of the molecule is CCCCCCC/C=C\C/C=C\C/C=C\CCCCCCCCCCC(=O)NC(CO)C(O)CCCCCCCCCCCCCCCCCCCCCCCCCCCCCCC. The highest BCUT2D eigenvalue weighted by Crippen LogP contribution is 2.18. The third kappa shape index (κ3) is 51.6. The molecule has 64 heavy (non-hydrogen) atoms. The van der Waals surface area contributed by atoms with Crippen LogP contribution in [0.2, 0.25) is 0 Å². The van der Waals surface area contributed by atoms with Crippen LogP contribution < -0.4 is 5.32 Å². The molecule has 2 unspecified atom stereocenters. The van der Waals surface area contributed by atoms with E-state index < -0.39 is 12.1 Å². The van der Waals surface area contributed by atoms with E-state index in [1.165, 1.54) is 257 Å². The highest BCUT2D eigenvalue weighted by molar-refractivity contribution is 5.76.